The van der Waals surface area contributed by atoms with Gasteiger partial charge in [0.15, 0.2) is 5.82 Å². The maximum atomic E-state index is 16.1. The Balaban J connectivity index is 0.710. The number of amides is 4. The van der Waals surface area contributed by atoms with Gasteiger partial charge in [0, 0.05) is 132 Å². The summed E-state index contributed by atoms with van der Waals surface area (Å²) >= 11 is 0. The molecule has 0 aliphatic carbocycles. The van der Waals surface area contributed by atoms with Crippen molar-refractivity contribution in [2.45, 2.75) is 83.8 Å². The molecule has 5 aliphatic rings. The first-order chi connectivity index (χ1) is 34.5. The Morgan fingerprint density at radius 1 is 0.889 bits per heavy atom. The molecule has 0 radical (unpaired) electrons. The van der Waals surface area contributed by atoms with Gasteiger partial charge in [-0.05, 0) is 112 Å². The first-order valence-electron chi connectivity index (χ1n) is 25.3. The van der Waals surface area contributed by atoms with Crippen LogP contribution in [0.4, 0.5) is 20.2 Å². The third kappa shape index (κ3) is 9.04. The largest absolute Gasteiger partial charge is 0.386 e. The van der Waals surface area contributed by atoms with Gasteiger partial charge in [0.2, 0.25) is 17.7 Å². The molecule has 3 saturated heterocycles. The molecule has 5 aromatic rings. The molecule has 2 atom stereocenters. The van der Waals surface area contributed by atoms with E-state index in [0.717, 1.165) is 91.1 Å². The standard InChI is InChI=1S/C55H64F2N10O5/c1-33-25-38(27-41(56)50(33)37-14-19-64(20-15-37)34(2)47-28-39-44(11-16-59-51(39)61(47)6)66-32-42(57)43(58-5)29-49(66)69)53(71)65-17-12-35(13-18-65)30-62-21-23-63(24-22-62)31-36-7-8-45-40(26-36)55(3,4)54(72)67(45)46-9-10-48(68)60-52(46)70/h7-8,11,14,16,25-29,32,34-35,46,58H,9-10,12-13,15,17-24,30-31H2,1-6H3,(H,60,68,70)/t34-,46-/m0/s1. The molecule has 0 unspecified atom stereocenters. The summed E-state index contributed by atoms with van der Waals surface area (Å²) < 4.78 is 34.2. The molecule has 72 heavy (non-hydrogen) atoms. The lowest BCUT2D eigenvalue weighted by atomic mass is 9.85. The molecule has 2 N–H and O–H groups in total. The van der Waals surface area contributed by atoms with Crippen LogP contribution in [0.3, 0.4) is 0 Å². The number of nitrogens with one attached hydrogen (secondary N) is 2. The summed E-state index contributed by atoms with van der Waals surface area (Å²) in [6, 6.07) is 13.6. The number of anilines is 2. The predicted octanol–water partition coefficient (Wildman–Crippen LogP) is 6.30. The fourth-order valence-corrected chi connectivity index (χ4v) is 11.9. The Hall–Kier alpha value is -6.56. The van der Waals surface area contributed by atoms with Gasteiger partial charge in [0.1, 0.15) is 17.5 Å². The first kappa shape index (κ1) is 49.0. The molecule has 4 amide bonds. The number of aryl methyl sites for hydroxylation is 2. The van der Waals surface area contributed by atoms with Crippen LogP contribution < -0.4 is 21.1 Å². The summed E-state index contributed by atoms with van der Waals surface area (Å²) in [4.78, 5) is 80.4. The zero-order valence-corrected chi connectivity index (χ0v) is 42.1. The van der Waals surface area contributed by atoms with Crippen LogP contribution in [0.15, 0.2) is 71.8 Å². The number of carbonyl (C=O) groups is 4. The lowest BCUT2D eigenvalue weighted by Gasteiger charge is -2.39. The highest BCUT2D eigenvalue weighted by Crippen LogP contribution is 2.44. The van der Waals surface area contributed by atoms with Gasteiger partial charge < -0.3 is 19.7 Å². The number of fused-ring (bicyclic) bond motifs is 2. The summed E-state index contributed by atoms with van der Waals surface area (Å²) in [6.07, 6.45) is 7.85. The zero-order valence-electron chi connectivity index (χ0n) is 42.1. The van der Waals surface area contributed by atoms with E-state index in [1.807, 2.05) is 55.5 Å². The number of carbonyl (C=O) groups excluding carboxylic acids is 4. The van der Waals surface area contributed by atoms with Gasteiger partial charge in [-0.15, -0.1) is 0 Å². The van der Waals surface area contributed by atoms with Crippen LogP contribution in [-0.4, -0.2) is 129 Å². The van der Waals surface area contributed by atoms with Gasteiger partial charge in [-0.2, -0.15) is 0 Å². The minimum Gasteiger partial charge on any atom is -0.386 e. The molecule has 8 heterocycles. The van der Waals surface area contributed by atoms with E-state index in [1.54, 1.807) is 24.2 Å². The lowest BCUT2D eigenvalue weighted by molar-refractivity contribution is -0.136. The third-order valence-corrected chi connectivity index (χ3v) is 16.1. The van der Waals surface area contributed by atoms with Crippen LogP contribution in [0.2, 0.25) is 0 Å². The maximum Gasteiger partial charge on any atom is 0.257 e. The number of hydrogen-bond donors (Lipinski definition) is 2. The van der Waals surface area contributed by atoms with Crippen molar-refractivity contribution in [1.29, 1.82) is 0 Å². The smallest absolute Gasteiger partial charge is 0.257 e. The van der Waals surface area contributed by atoms with E-state index in [4.69, 9.17) is 0 Å². The van der Waals surface area contributed by atoms with Crippen LogP contribution in [0.25, 0.3) is 22.3 Å². The Morgan fingerprint density at radius 3 is 2.33 bits per heavy atom. The number of piperazine rings is 1. The van der Waals surface area contributed by atoms with E-state index in [9.17, 15) is 28.4 Å². The average molecular weight is 983 g/mol. The Bertz CT molecular complexity index is 3070. The van der Waals surface area contributed by atoms with Crippen molar-refractivity contribution in [3.63, 3.8) is 0 Å². The average Bonchev–Trinajstić information content (AvgIpc) is 3.80. The van der Waals surface area contributed by atoms with Crippen LogP contribution in [-0.2, 0) is 33.4 Å². The topological polar surface area (TPSA) is 148 Å². The van der Waals surface area contributed by atoms with Crippen molar-refractivity contribution in [3.05, 3.63) is 123 Å². The molecule has 10 rings (SSSR count). The first-order valence-corrected chi connectivity index (χ1v) is 25.3. The molecule has 2 aromatic carbocycles. The van der Waals surface area contributed by atoms with Gasteiger partial charge in [-0.25, -0.2) is 13.8 Å². The molecule has 378 valence electrons. The second-order valence-corrected chi connectivity index (χ2v) is 20.9. The number of halogens is 2. The SMILES string of the molecule is CNc1cc(=O)n(-c2ccnc3c2cc([C@H](C)N2CC=C(c4c(C)cc(C(=O)N5CCC(CN6CCN(Cc7ccc8c(c7)C(C)(C)C(=O)N8[C@H]7CCC(=O)NC7=O)CC6)CC5)cc4F)CC2)n3C)cc1F. The van der Waals surface area contributed by atoms with Crippen molar-refractivity contribution in [3.8, 4) is 5.69 Å². The molecule has 0 spiro atoms. The molecule has 15 nitrogen and oxygen atoms in total. The van der Waals surface area contributed by atoms with Crippen LogP contribution in [0.1, 0.15) is 97.2 Å². The summed E-state index contributed by atoms with van der Waals surface area (Å²) in [5.41, 5.74) is 6.59. The quantitative estimate of drug-likeness (QED) is 0.145. The second-order valence-electron chi connectivity index (χ2n) is 20.9. The van der Waals surface area contributed by atoms with E-state index in [2.05, 4.69) is 55.4 Å². The van der Waals surface area contributed by atoms with Gasteiger partial charge in [0.05, 0.1) is 23.0 Å². The van der Waals surface area contributed by atoms with Crippen LogP contribution in [0.5, 0.6) is 0 Å². The van der Waals surface area contributed by atoms with Gasteiger partial charge in [-0.3, -0.25) is 48.6 Å². The van der Waals surface area contributed by atoms with Gasteiger partial charge in [-0.1, -0.05) is 18.2 Å². The zero-order chi connectivity index (χ0) is 50.7. The van der Waals surface area contributed by atoms with Crippen molar-refractivity contribution >= 4 is 51.6 Å². The van der Waals surface area contributed by atoms with E-state index < -0.39 is 23.2 Å². The van der Waals surface area contributed by atoms with Crippen molar-refractivity contribution < 1.29 is 28.0 Å². The number of aromatic nitrogens is 3. The van der Waals surface area contributed by atoms with E-state index in [0.29, 0.717) is 67.4 Å². The summed E-state index contributed by atoms with van der Waals surface area (Å²) in [7, 11) is 3.51. The van der Waals surface area contributed by atoms with Crippen LogP contribution in [0, 0.1) is 24.5 Å². The Labute approximate surface area is 418 Å². The number of benzene rings is 2. The third-order valence-electron chi connectivity index (χ3n) is 16.1. The molecule has 3 fully saturated rings. The van der Waals surface area contributed by atoms with Crippen molar-refractivity contribution in [1.82, 2.24) is 39.0 Å². The monoisotopic (exact) mass is 983 g/mol. The highest BCUT2D eigenvalue weighted by atomic mass is 19.1. The normalized spacial score (nSPS) is 20.8. The number of rotatable bonds is 11. The van der Waals surface area contributed by atoms with Crippen LogP contribution >= 0.6 is 0 Å². The summed E-state index contributed by atoms with van der Waals surface area (Å²) in [6.45, 7) is 15.8. The minimum absolute atomic E-state index is 0.0454. The van der Waals surface area contributed by atoms with E-state index >= 15 is 4.39 Å². The number of hydrogen-bond acceptors (Lipinski definition) is 10. The Kier molecular flexibility index (Phi) is 13.3. The fourth-order valence-electron chi connectivity index (χ4n) is 11.9. The number of likely N-dealkylation sites (tertiary alicyclic amines) is 1. The molecular formula is C55H64F2N10O5. The highest BCUT2D eigenvalue weighted by Gasteiger charge is 2.49. The maximum absolute atomic E-state index is 16.1. The van der Waals surface area contributed by atoms with Crippen molar-refractivity contribution in [2.75, 3.05) is 76.2 Å². The molecule has 0 saturated carbocycles. The molecule has 3 aromatic heterocycles. The van der Waals surface area contributed by atoms with Gasteiger partial charge in [0.25, 0.3) is 11.5 Å². The predicted molar refractivity (Wildman–Crippen MR) is 273 cm³/mol. The second kappa shape index (κ2) is 19.5. The minimum atomic E-state index is -0.782. The number of pyridine rings is 2. The summed E-state index contributed by atoms with van der Waals surface area (Å²) in [5.74, 6) is -1.42. The Morgan fingerprint density at radius 2 is 1.64 bits per heavy atom. The number of piperidine rings is 2. The molecule has 0 bridgehead atoms. The highest BCUT2D eigenvalue weighted by molar-refractivity contribution is 6.13. The summed E-state index contributed by atoms with van der Waals surface area (Å²) in [5, 5.41) is 5.85. The number of nitrogens with zero attached hydrogens (tertiary/aromatic N) is 8. The van der Waals surface area contributed by atoms with E-state index in [-0.39, 0.29) is 47.2 Å². The lowest BCUT2D eigenvalue weighted by Crippen LogP contribution is -2.55. The molecule has 5 aliphatic heterocycles. The van der Waals surface area contributed by atoms with Gasteiger partial charge >= 0.3 is 0 Å². The van der Waals surface area contributed by atoms with Crippen molar-refractivity contribution in [2.24, 2.45) is 13.0 Å². The fraction of sp³-hybridized carbons (Fsp3) is 0.455. The number of imide groups is 1. The molecule has 17 heteroatoms. The van der Waals surface area contributed by atoms with E-state index in [1.165, 1.54) is 22.9 Å². The molecular weight excluding hydrogens is 919 g/mol.